The molecule has 23 heavy (non-hydrogen) atoms. The number of rotatable bonds is 4. The van der Waals surface area contributed by atoms with Gasteiger partial charge in [0.1, 0.15) is 0 Å². The van der Waals surface area contributed by atoms with Crippen LogP contribution in [0.15, 0.2) is 48.5 Å². The van der Waals surface area contributed by atoms with Gasteiger partial charge in [0, 0.05) is 18.2 Å². The lowest BCUT2D eigenvalue weighted by molar-refractivity contribution is -0.118. The van der Waals surface area contributed by atoms with E-state index < -0.39 is 0 Å². The van der Waals surface area contributed by atoms with Gasteiger partial charge in [0.25, 0.3) is 0 Å². The molecule has 1 heterocycles. The predicted octanol–water partition coefficient (Wildman–Crippen LogP) is 4.72. The van der Waals surface area contributed by atoms with Gasteiger partial charge in [0.2, 0.25) is 5.91 Å². The molecule has 1 aliphatic rings. The molecule has 0 aliphatic carbocycles. The molecular formula is C21H25NO. The smallest absolute Gasteiger partial charge is 0.227 e. The number of hydrogen-bond acceptors (Lipinski definition) is 1. The summed E-state index contributed by atoms with van der Waals surface area (Å²) in [5, 5.41) is 0. The summed E-state index contributed by atoms with van der Waals surface area (Å²) in [5.41, 5.74) is 4.97. The minimum absolute atomic E-state index is 0.232. The summed E-state index contributed by atoms with van der Waals surface area (Å²) in [4.78, 5) is 14.7. The van der Waals surface area contributed by atoms with Crippen molar-refractivity contribution in [1.29, 1.82) is 0 Å². The minimum Gasteiger partial charge on any atom is -0.309 e. The topological polar surface area (TPSA) is 20.3 Å². The molecule has 120 valence electrons. The largest absolute Gasteiger partial charge is 0.309 e. The number of nitrogens with zero attached hydrogens (tertiary/aromatic N) is 1. The van der Waals surface area contributed by atoms with Crippen LogP contribution >= 0.6 is 0 Å². The number of aryl methyl sites for hydroxylation is 1. The number of anilines is 1. The average molecular weight is 307 g/mol. The molecule has 0 unspecified atom stereocenters. The minimum atomic E-state index is 0.232. The van der Waals surface area contributed by atoms with E-state index in [-0.39, 0.29) is 11.9 Å². The van der Waals surface area contributed by atoms with E-state index >= 15 is 0 Å². The van der Waals surface area contributed by atoms with Gasteiger partial charge in [0.05, 0.1) is 0 Å². The van der Waals surface area contributed by atoms with E-state index in [2.05, 4.69) is 63.2 Å². The van der Waals surface area contributed by atoms with Crippen molar-refractivity contribution in [2.24, 2.45) is 0 Å². The SMILES string of the molecule is CC(C)c1ccc(CCC(=O)N2c3ccccc3C[C@@H]2C)cc1. The Hall–Kier alpha value is -2.09. The Morgan fingerprint density at radius 1 is 1.13 bits per heavy atom. The Balaban J connectivity index is 1.66. The molecule has 2 aromatic rings. The fourth-order valence-corrected chi connectivity index (χ4v) is 3.39. The van der Waals surface area contributed by atoms with Crippen LogP contribution in [0.5, 0.6) is 0 Å². The van der Waals surface area contributed by atoms with Crippen LogP contribution < -0.4 is 4.90 Å². The van der Waals surface area contributed by atoms with Gasteiger partial charge < -0.3 is 4.90 Å². The van der Waals surface area contributed by atoms with E-state index in [1.54, 1.807) is 0 Å². The molecule has 3 rings (SSSR count). The van der Waals surface area contributed by atoms with Crippen LogP contribution in [-0.4, -0.2) is 11.9 Å². The zero-order valence-electron chi connectivity index (χ0n) is 14.3. The highest BCUT2D eigenvalue weighted by Crippen LogP contribution is 2.32. The summed E-state index contributed by atoms with van der Waals surface area (Å²) >= 11 is 0. The second-order valence-corrected chi connectivity index (χ2v) is 6.84. The maximum atomic E-state index is 12.7. The summed E-state index contributed by atoms with van der Waals surface area (Å²) in [7, 11) is 0. The normalized spacial score (nSPS) is 16.7. The first kappa shape index (κ1) is 15.8. The molecule has 2 aromatic carbocycles. The Morgan fingerprint density at radius 3 is 2.52 bits per heavy atom. The molecule has 2 nitrogen and oxygen atoms in total. The molecule has 0 radical (unpaired) electrons. The molecule has 0 fully saturated rings. The Morgan fingerprint density at radius 2 is 1.83 bits per heavy atom. The lowest BCUT2D eigenvalue weighted by Crippen LogP contribution is -2.35. The molecule has 0 aromatic heterocycles. The van der Waals surface area contributed by atoms with Gasteiger partial charge in [-0.15, -0.1) is 0 Å². The average Bonchev–Trinajstić information content (AvgIpc) is 2.88. The highest BCUT2D eigenvalue weighted by molar-refractivity contribution is 5.96. The van der Waals surface area contributed by atoms with Crippen molar-refractivity contribution < 1.29 is 4.79 Å². The number of hydrogen-bond donors (Lipinski definition) is 0. The summed E-state index contributed by atoms with van der Waals surface area (Å²) in [5.74, 6) is 0.781. The molecule has 0 spiro atoms. The van der Waals surface area contributed by atoms with Crippen molar-refractivity contribution in [3.63, 3.8) is 0 Å². The van der Waals surface area contributed by atoms with Crippen LogP contribution in [0.4, 0.5) is 5.69 Å². The van der Waals surface area contributed by atoms with E-state index in [9.17, 15) is 4.79 Å². The summed E-state index contributed by atoms with van der Waals surface area (Å²) < 4.78 is 0. The van der Waals surface area contributed by atoms with Gasteiger partial charge in [-0.1, -0.05) is 56.3 Å². The number of fused-ring (bicyclic) bond motifs is 1. The van der Waals surface area contributed by atoms with Crippen LogP contribution in [0.3, 0.4) is 0 Å². The zero-order chi connectivity index (χ0) is 16.4. The lowest BCUT2D eigenvalue weighted by Gasteiger charge is -2.22. The van der Waals surface area contributed by atoms with Gasteiger partial charge in [-0.25, -0.2) is 0 Å². The first-order valence-corrected chi connectivity index (χ1v) is 8.55. The standard InChI is InChI=1S/C21H25NO/c1-15(2)18-11-8-17(9-12-18)10-13-21(23)22-16(3)14-19-6-4-5-7-20(19)22/h4-9,11-12,15-16H,10,13-14H2,1-3H3/t16-/m0/s1. The van der Waals surface area contributed by atoms with E-state index in [0.29, 0.717) is 12.3 Å². The fourth-order valence-electron chi connectivity index (χ4n) is 3.39. The van der Waals surface area contributed by atoms with E-state index in [4.69, 9.17) is 0 Å². The first-order chi connectivity index (χ1) is 11.1. The summed E-state index contributed by atoms with van der Waals surface area (Å²) in [6.45, 7) is 6.53. The van der Waals surface area contributed by atoms with Gasteiger partial charge in [-0.05, 0) is 48.4 Å². The van der Waals surface area contributed by atoms with Crippen molar-refractivity contribution in [1.82, 2.24) is 0 Å². The quantitative estimate of drug-likeness (QED) is 0.800. The number of amides is 1. The predicted molar refractivity (Wildman–Crippen MR) is 95.9 cm³/mol. The van der Waals surface area contributed by atoms with Gasteiger partial charge >= 0.3 is 0 Å². The maximum absolute atomic E-state index is 12.7. The summed E-state index contributed by atoms with van der Waals surface area (Å²) in [6.07, 6.45) is 2.34. The number of carbonyl (C=O) groups excluding carboxylic acids is 1. The number of carbonyl (C=O) groups is 1. The lowest BCUT2D eigenvalue weighted by atomic mass is 10.00. The second kappa shape index (κ2) is 6.57. The van der Waals surface area contributed by atoms with E-state index in [0.717, 1.165) is 18.5 Å². The van der Waals surface area contributed by atoms with E-state index in [1.807, 2.05) is 11.0 Å². The second-order valence-electron chi connectivity index (χ2n) is 6.84. The maximum Gasteiger partial charge on any atom is 0.227 e. The Labute approximate surface area is 139 Å². The molecule has 1 amide bonds. The van der Waals surface area contributed by atoms with Crippen LogP contribution in [-0.2, 0) is 17.6 Å². The third kappa shape index (κ3) is 3.31. The van der Waals surface area contributed by atoms with Crippen LogP contribution in [0, 0.1) is 0 Å². The fraction of sp³-hybridized carbons (Fsp3) is 0.381. The van der Waals surface area contributed by atoms with Crippen molar-refractivity contribution in [3.8, 4) is 0 Å². The molecule has 0 saturated heterocycles. The monoisotopic (exact) mass is 307 g/mol. The van der Waals surface area contributed by atoms with Crippen molar-refractivity contribution >= 4 is 11.6 Å². The van der Waals surface area contributed by atoms with Crippen LogP contribution in [0.25, 0.3) is 0 Å². The van der Waals surface area contributed by atoms with E-state index in [1.165, 1.54) is 16.7 Å². The van der Waals surface area contributed by atoms with Crippen molar-refractivity contribution in [2.75, 3.05) is 4.90 Å². The molecular weight excluding hydrogens is 282 g/mol. The van der Waals surface area contributed by atoms with Crippen molar-refractivity contribution in [2.45, 2.75) is 52.0 Å². The third-order valence-corrected chi connectivity index (χ3v) is 4.75. The van der Waals surface area contributed by atoms with Gasteiger partial charge in [0.15, 0.2) is 0 Å². The summed E-state index contributed by atoms with van der Waals surface area (Å²) in [6, 6.07) is 17.2. The van der Waals surface area contributed by atoms with Crippen LogP contribution in [0.2, 0.25) is 0 Å². The molecule has 0 N–H and O–H groups in total. The molecule has 0 saturated carbocycles. The van der Waals surface area contributed by atoms with Gasteiger partial charge in [-0.2, -0.15) is 0 Å². The van der Waals surface area contributed by atoms with Crippen LogP contribution in [0.1, 0.15) is 49.8 Å². The highest BCUT2D eigenvalue weighted by Gasteiger charge is 2.29. The Bertz CT molecular complexity index is 687. The molecule has 2 heteroatoms. The van der Waals surface area contributed by atoms with Gasteiger partial charge in [-0.3, -0.25) is 4.79 Å². The number of benzene rings is 2. The Kier molecular flexibility index (Phi) is 4.51. The molecule has 0 bridgehead atoms. The molecule has 1 atom stereocenters. The third-order valence-electron chi connectivity index (χ3n) is 4.75. The van der Waals surface area contributed by atoms with Crippen molar-refractivity contribution in [3.05, 3.63) is 65.2 Å². The zero-order valence-corrected chi connectivity index (χ0v) is 14.3. The first-order valence-electron chi connectivity index (χ1n) is 8.55. The highest BCUT2D eigenvalue weighted by atomic mass is 16.2. The molecule has 1 aliphatic heterocycles. The number of para-hydroxylation sites is 1.